The fourth-order valence-corrected chi connectivity index (χ4v) is 7.28. The molecular weight excluding hydrogens is 731 g/mol. The van der Waals surface area contributed by atoms with Gasteiger partial charge in [0.15, 0.2) is 0 Å². The van der Waals surface area contributed by atoms with Gasteiger partial charge in [-0.1, -0.05) is 64.1 Å². The quantitative estimate of drug-likeness (QED) is 0.108. The molecule has 3 rings (SSSR count). The summed E-state index contributed by atoms with van der Waals surface area (Å²) in [5, 5.41) is 22.3. The highest BCUT2D eigenvalue weighted by molar-refractivity contribution is 8.76. The summed E-state index contributed by atoms with van der Waals surface area (Å²) in [5.41, 5.74) is 23.5. The molecule has 14 N–H and O–H groups in total. The van der Waals surface area contributed by atoms with Crippen LogP contribution in [-0.2, 0) is 51.2 Å². The Morgan fingerprint density at radius 2 is 1.11 bits per heavy atom. The van der Waals surface area contributed by atoms with Crippen LogP contribution in [0.2, 0.25) is 0 Å². The second-order valence-electron chi connectivity index (χ2n) is 12.1. The van der Waals surface area contributed by atoms with E-state index in [1.54, 1.807) is 42.5 Å². The number of carbonyl (C=O) groups excluding carboxylic acids is 8. The van der Waals surface area contributed by atoms with Crippen molar-refractivity contribution >= 4 is 68.8 Å². The van der Waals surface area contributed by atoms with Gasteiger partial charge < -0.3 is 54.6 Å². The summed E-state index contributed by atoms with van der Waals surface area (Å²) in [7, 11) is 2.12. The number of rotatable bonds is 10. The Hall–Kier alpha value is -5.34. The second-order valence-corrected chi connectivity index (χ2v) is 14.7. The van der Waals surface area contributed by atoms with Gasteiger partial charge in [0.1, 0.15) is 36.0 Å². The zero-order valence-corrected chi connectivity index (χ0v) is 30.1. The number of hydrogen-bond donors (Lipinski definition) is 10. The third-order valence-corrected chi connectivity index (χ3v) is 10.3. The van der Waals surface area contributed by atoms with Gasteiger partial charge in [0, 0.05) is 30.8 Å². The molecule has 53 heavy (non-hydrogen) atoms. The topological polar surface area (TPSA) is 321 Å². The molecule has 1 aliphatic heterocycles. The normalized spacial score (nSPS) is 24.0. The van der Waals surface area contributed by atoms with Crippen molar-refractivity contribution in [2.75, 3.05) is 11.5 Å². The fourth-order valence-electron chi connectivity index (χ4n) is 4.98. The van der Waals surface area contributed by atoms with Gasteiger partial charge in [0.25, 0.3) is 0 Å². The Kier molecular flexibility index (Phi) is 16.4. The minimum atomic E-state index is -1.63. The van der Waals surface area contributed by atoms with Crippen molar-refractivity contribution < 1.29 is 43.5 Å². The number of aromatic hydroxyl groups is 1. The van der Waals surface area contributed by atoms with Crippen molar-refractivity contribution in [2.45, 2.75) is 68.4 Å². The van der Waals surface area contributed by atoms with Crippen LogP contribution in [-0.4, -0.2) is 100 Å². The average Bonchev–Trinajstić information content (AvgIpc) is 3.10. The van der Waals surface area contributed by atoms with Crippen molar-refractivity contribution in [1.82, 2.24) is 26.6 Å². The summed E-state index contributed by atoms with van der Waals surface area (Å²) in [6.45, 7) is 0. The minimum Gasteiger partial charge on any atom is -0.508 e. The van der Waals surface area contributed by atoms with Crippen LogP contribution in [0.25, 0.3) is 0 Å². The summed E-state index contributed by atoms with van der Waals surface area (Å²) in [6.07, 6.45) is -1.60. The van der Waals surface area contributed by atoms with E-state index in [1.165, 1.54) is 12.1 Å². The van der Waals surface area contributed by atoms with Crippen LogP contribution in [0.5, 0.6) is 5.75 Å². The van der Waals surface area contributed by atoms with Gasteiger partial charge in [-0.15, -0.1) is 0 Å². The predicted molar refractivity (Wildman–Crippen MR) is 196 cm³/mol. The van der Waals surface area contributed by atoms with Crippen molar-refractivity contribution in [2.24, 2.45) is 22.9 Å². The molecule has 6 atom stereocenters. The van der Waals surface area contributed by atoms with Crippen LogP contribution in [0.15, 0.2) is 54.6 Å². The maximum absolute atomic E-state index is 13.9. The first kappa shape index (κ1) is 42.1. The van der Waals surface area contributed by atoms with E-state index in [1.807, 2.05) is 0 Å². The highest BCUT2D eigenvalue weighted by Crippen LogP contribution is 2.23. The molecule has 18 nitrogen and oxygen atoms in total. The number of nitrogens with two attached hydrogens (primary N) is 4. The van der Waals surface area contributed by atoms with Crippen LogP contribution in [0.4, 0.5) is 0 Å². The van der Waals surface area contributed by atoms with Crippen LogP contribution < -0.4 is 49.5 Å². The summed E-state index contributed by atoms with van der Waals surface area (Å²) >= 11 is 0. The number of nitrogens with one attached hydrogen (secondary N) is 5. The molecule has 0 bridgehead atoms. The molecule has 0 aromatic heterocycles. The highest BCUT2D eigenvalue weighted by atomic mass is 33.1. The van der Waals surface area contributed by atoms with Crippen molar-refractivity contribution in [1.29, 1.82) is 0 Å². The van der Waals surface area contributed by atoms with Gasteiger partial charge >= 0.3 is 0 Å². The minimum absolute atomic E-state index is 0.00440. The highest BCUT2D eigenvalue weighted by Gasteiger charge is 2.34. The van der Waals surface area contributed by atoms with Gasteiger partial charge in [-0.2, -0.15) is 0 Å². The van der Waals surface area contributed by atoms with Crippen LogP contribution in [0.3, 0.4) is 0 Å². The van der Waals surface area contributed by atoms with Gasteiger partial charge in [-0.05, 0) is 29.7 Å². The monoisotopic (exact) mass is 773 g/mol. The van der Waals surface area contributed by atoms with E-state index in [0.717, 1.165) is 21.6 Å². The predicted octanol–water partition coefficient (Wildman–Crippen LogP) is -3.05. The van der Waals surface area contributed by atoms with Gasteiger partial charge in [-0.3, -0.25) is 38.4 Å². The SMILES string of the molecule is NC(=O)CCC1NC(=O)C(Cc2ccccc2)NC(=O)C(Cc2ccc(O)cc2)NC(=O)C(N)CSSCC(C(N)=O)NC(=O)C(CC(N)=O)NC1=O. The van der Waals surface area contributed by atoms with Crippen molar-refractivity contribution in [3.8, 4) is 5.75 Å². The van der Waals surface area contributed by atoms with Crippen molar-refractivity contribution in [3.05, 3.63) is 65.7 Å². The Morgan fingerprint density at radius 1 is 0.623 bits per heavy atom. The van der Waals surface area contributed by atoms with E-state index in [4.69, 9.17) is 22.9 Å². The smallest absolute Gasteiger partial charge is 0.243 e. The van der Waals surface area contributed by atoms with Crippen LogP contribution in [0, 0.1) is 0 Å². The molecule has 0 radical (unpaired) electrons. The number of carbonyl (C=O) groups is 8. The standard InChI is InChI=1S/C33H43N9O9S2/c34-20-15-52-53-16-25(28(37)46)42-33(51)24(14-27(36)45)41-30(48)21(10-11-26(35)44)38-31(49)23(12-17-4-2-1-3-5-17)40-32(50)22(39-29(20)47)13-18-6-8-19(43)9-7-18/h1-9,20-25,43H,10-16,34H2,(H2,35,44)(H2,36,45)(H2,37,46)(H,38,49)(H,39,47)(H,40,50)(H,41,48)(H,42,51). The van der Waals surface area contributed by atoms with E-state index in [9.17, 15) is 43.5 Å². The number of phenolic OH excluding ortho intramolecular Hbond substituents is 1. The van der Waals surface area contributed by atoms with Gasteiger partial charge in [0.05, 0.1) is 12.5 Å². The third-order valence-electron chi connectivity index (χ3n) is 7.84. The number of phenols is 1. The first-order valence-corrected chi connectivity index (χ1v) is 18.8. The maximum Gasteiger partial charge on any atom is 0.243 e. The molecule has 1 heterocycles. The van der Waals surface area contributed by atoms with Crippen molar-refractivity contribution in [3.63, 3.8) is 0 Å². The molecule has 2 aromatic carbocycles. The zero-order chi connectivity index (χ0) is 39.1. The molecule has 0 aliphatic carbocycles. The lowest BCUT2D eigenvalue weighted by molar-refractivity contribution is -0.135. The Morgan fingerprint density at radius 3 is 1.68 bits per heavy atom. The molecule has 2 aromatic rings. The molecule has 286 valence electrons. The van der Waals surface area contributed by atoms with E-state index in [2.05, 4.69) is 26.6 Å². The summed E-state index contributed by atoms with van der Waals surface area (Å²) < 4.78 is 0. The van der Waals surface area contributed by atoms with E-state index in [-0.39, 0.29) is 42.9 Å². The number of hydrogen-bond acceptors (Lipinski definition) is 12. The first-order valence-electron chi connectivity index (χ1n) is 16.3. The lowest BCUT2D eigenvalue weighted by atomic mass is 10.0. The maximum atomic E-state index is 13.9. The zero-order valence-electron chi connectivity index (χ0n) is 28.4. The first-order chi connectivity index (χ1) is 25.1. The Balaban J connectivity index is 2.05. The molecule has 0 saturated carbocycles. The number of primary amides is 3. The Labute approximate surface area is 312 Å². The molecule has 6 unspecified atom stereocenters. The Bertz CT molecular complexity index is 1650. The lowest BCUT2D eigenvalue weighted by Crippen LogP contribution is -2.60. The number of benzene rings is 2. The lowest BCUT2D eigenvalue weighted by Gasteiger charge is -2.27. The molecule has 20 heteroatoms. The molecule has 1 aliphatic rings. The van der Waals surface area contributed by atoms with E-state index < -0.39 is 89.9 Å². The summed E-state index contributed by atoms with van der Waals surface area (Å²) in [6, 6.07) is 6.22. The third kappa shape index (κ3) is 14.3. The average molecular weight is 774 g/mol. The second kappa shape index (κ2) is 20.6. The molecule has 1 fully saturated rings. The van der Waals surface area contributed by atoms with Crippen LogP contribution in [0.1, 0.15) is 30.4 Å². The van der Waals surface area contributed by atoms with Gasteiger partial charge in [-0.25, -0.2) is 0 Å². The summed E-state index contributed by atoms with van der Waals surface area (Å²) in [4.78, 5) is 104. The molecule has 1 saturated heterocycles. The summed E-state index contributed by atoms with van der Waals surface area (Å²) in [5.74, 6) is -7.27. The van der Waals surface area contributed by atoms with Crippen LogP contribution >= 0.6 is 21.6 Å². The van der Waals surface area contributed by atoms with Gasteiger partial charge in [0.2, 0.25) is 47.3 Å². The molecule has 0 spiro atoms. The van der Waals surface area contributed by atoms with E-state index >= 15 is 0 Å². The fraction of sp³-hybridized carbons (Fsp3) is 0.394. The number of amides is 8. The molecule has 8 amide bonds. The largest absolute Gasteiger partial charge is 0.508 e. The van der Waals surface area contributed by atoms with E-state index in [0.29, 0.717) is 11.1 Å². The molecular formula is C33H43N9O9S2.